The SMILES string of the molecule is Cc1nc(C)n(C(C)C(=O)Nc2ccccc2CN)n1. The number of amides is 1. The third kappa shape index (κ3) is 2.85. The number of rotatable bonds is 4. The molecule has 1 amide bonds. The van der Waals surface area contributed by atoms with Crippen molar-refractivity contribution in [2.24, 2.45) is 5.73 Å². The van der Waals surface area contributed by atoms with Gasteiger partial charge in [-0.2, -0.15) is 5.10 Å². The predicted octanol–water partition coefficient (Wildman–Crippen LogP) is 1.55. The first kappa shape index (κ1) is 14.2. The molecule has 1 aromatic carbocycles. The molecule has 0 aliphatic rings. The van der Waals surface area contributed by atoms with E-state index in [-0.39, 0.29) is 5.91 Å². The van der Waals surface area contributed by atoms with E-state index >= 15 is 0 Å². The van der Waals surface area contributed by atoms with Crippen LogP contribution in [0.25, 0.3) is 0 Å². The minimum atomic E-state index is -0.429. The summed E-state index contributed by atoms with van der Waals surface area (Å²) in [6.07, 6.45) is 0. The summed E-state index contributed by atoms with van der Waals surface area (Å²) in [6.45, 7) is 5.81. The second-order valence-electron chi connectivity index (χ2n) is 4.68. The minimum absolute atomic E-state index is 0.140. The van der Waals surface area contributed by atoms with Crippen LogP contribution in [0, 0.1) is 13.8 Å². The number of nitrogens with two attached hydrogens (primary N) is 1. The van der Waals surface area contributed by atoms with E-state index in [9.17, 15) is 4.79 Å². The first-order valence-electron chi connectivity index (χ1n) is 6.51. The van der Waals surface area contributed by atoms with Crippen LogP contribution in [0.1, 0.15) is 30.2 Å². The fraction of sp³-hybridized carbons (Fsp3) is 0.357. The van der Waals surface area contributed by atoms with Crippen LogP contribution in [-0.4, -0.2) is 20.7 Å². The second-order valence-corrected chi connectivity index (χ2v) is 4.68. The van der Waals surface area contributed by atoms with Gasteiger partial charge < -0.3 is 11.1 Å². The van der Waals surface area contributed by atoms with E-state index in [0.29, 0.717) is 12.4 Å². The maximum atomic E-state index is 12.3. The molecule has 6 heteroatoms. The lowest BCUT2D eigenvalue weighted by Crippen LogP contribution is -2.26. The van der Waals surface area contributed by atoms with Gasteiger partial charge in [-0.1, -0.05) is 18.2 Å². The molecule has 1 unspecified atom stereocenters. The van der Waals surface area contributed by atoms with E-state index < -0.39 is 6.04 Å². The van der Waals surface area contributed by atoms with Crippen molar-refractivity contribution in [3.63, 3.8) is 0 Å². The van der Waals surface area contributed by atoms with Gasteiger partial charge in [0.1, 0.15) is 17.7 Å². The van der Waals surface area contributed by atoms with Crippen molar-refractivity contribution in [2.45, 2.75) is 33.4 Å². The number of carbonyl (C=O) groups is 1. The van der Waals surface area contributed by atoms with Gasteiger partial charge >= 0.3 is 0 Å². The number of hydrogen-bond acceptors (Lipinski definition) is 4. The van der Waals surface area contributed by atoms with Crippen LogP contribution in [0.3, 0.4) is 0 Å². The number of carbonyl (C=O) groups excluding carboxylic acids is 1. The lowest BCUT2D eigenvalue weighted by molar-refractivity contribution is -0.119. The number of aryl methyl sites for hydroxylation is 2. The Morgan fingerprint density at radius 1 is 1.40 bits per heavy atom. The number of benzene rings is 1. The van der Waals surface area contributed by atoms with Crippen molar-refractivity contribution in [1.29, 1.82) is 0 Å². The Labute approximate surface area is 118 Å². The maximum Gasteiger partial charge on any atom is 0.249 e. The number of aromatic nitrogens is 3. The third-order valence-corrected chi connectivity index (χ3v) is 3.15. The van der Waals surface area contributed by atoms with Crippen molar-refractivity contribution >= 4 is 11.6 Å². The monoisotopic (exact) mass is 273 g/mol. The average molecular weight is 273 g/mol. The molecule has 0 radical (unpaired) electrons. The van der Waals surface area contributed by atoms with E-state index in [1.54, 1.807) is 18.5 Å². The van der Waals surface area contributed by atoms with E-state index in [1.165, 1.54) is 0 Å². The molecule has 106 valence electrons. The standard InChI is InChI=1S/C14H19N5O/c1-9(19-11(3)16-10(2)18-19)14(20)17-13-7-5-4-6-12(13)8-15/h4-7,9H,8,15H2,1-3H3,(H,17,20). The van der Waals surface area contributed by atoms with Crippen molar-refractivity contribution in [3.8, 4) is 0 Å². The molecular formula is C14H19N5O. The molecule has 1 heterocycles. The quantitative estimate of drug-likeness (QED) is 0.885. The molecule has 20 heavy (non-hydrogen) atoms. The summed E-state index contributed by atoms with van der Waals surface area (Å²) in [5.41, 5.74) is 7.30. The molecule has 2 aromatic rings. The summed E-state index contributed by atoms with van der Waals surface area (Å²) in [5.74, 6) is 1.24. The highest BCUT2D eigenvalue weighted by atomic mass is 16.2. The number of nitrogens with one attached hydrogen (secondary N) is 1. The van der Waals surface area contributed by atoms with E-state index in [1.807, 2.05) is 31.2 Å². The molecule has 0 bridgehead atoms. The molecule has 1 aromatic heterocycles. The van der Waals surface area contributed by atoms with Crippen LogP contribution in [0.2, 0.25) is 0 Å². The zero-order chi connectivity index (χ0) is 14.7. The first-order chi connectivity index (χ1) is 9.52. The minimum Gasteiger partial charge on any atom is -0.326 e. The third-order valence-electron chi connectivity index (χ3n) is 3.15. The summed E-state index contributed by atoms with van der Waals surface area (Å²) in [6, 6.07) is 7.07. The van der Waals surface area contributed by atoms with Gasteiger partial charge in [-0.25, -0.2) is 9.67 Å². The Bertz CT molecular complexity index is 620. The molecule has 0 aliphatic carbocycles. The fourth-order valence-corrected chi connectivity index (χ4v) is 2.07. The van der Waals surface area contributed by atoms with Gasteiger partial charge in [-0.15, -0.1) is 0 Å². The van der Waals surface area contributed by atoms with Crippen molar-refractivity contribution < 1.29 is 4.79 Å². The Morgan fingerprint density at radius 3 is 2.70 bits per heavy atom. The largest absolute Gasteiger partial charge is 0.326 e. The zero-order valence-corrected chi connectivity index (χ0v) is 11.9. The number of hydrogen-bond donors (Lipinski definition) is 2. The normalized spacial score (nSPS) is 12.2. The molecule has 0 saturated heterocycles. The lowest BCUT2D eigenvalue weighted by atomic mass is 10.1. The fourth-order valence-electron chi connectivity index (χ4n) is 2.07. The Balaban J connectivity index is 2.18. The van der Waals surface area contributed by atoms with Crippen molar-refractivity contribution in [3.05, 3.63) is 41.5 Å². The summed E-state index contributed by atoms with van der Waals surface area (Å²) in [5, 5.41) is 7.12. The van der Waals surface area contributed by atoms with Gasteiger partial charge in [0.15, 0.2) is 0 Å². The molecule has 0 aliphatic heterocycles. The highest BCUT2D eigenvalue weighted by Gasteiger charge is 2.19. The van der Waals surface area contributed by atoms with Gasteiger partial charge in [-0.05, 0) is 32.4 Å². The summed E-state index contributed by atoms with van der Waals surface area (Å²) in [7, 11) is 0. The zero-order valence-electron chi connectivity index (χ0n) is 11.9. The van der Waals surface area contributed by atoms with Gasteiger partial charge in [0, 0.05) is 12.2 Å². The van der Waals surface area contributed by atoms with E-state index in [0.717, 1.165) is 17.1 Å². The number of nitrogens with zero attached hydrogens (tertiary/aromatic N) is 3. The van der Waals surface area contributed by atoms with Crippen LogP contribution in [0.15, 0.2) is 24.3 Å². The Morgan fingerprint density at radius 2 is 2.10 bits per heavy atom. The summed E-state index contributed by atoms with van der Waals surface area (Å²) >= 11 is 0. The van der Waals surface area contributed by atoms with Gasteiger partial charge in [0.05, 0.1) is 0 Å². The average Bonchev–Trinajstić information content (AvgIpc) is 2.77. The molecule has 6 nitrogen and oxygen atoms in total. The van der Waals surface area contributed by atoms with Crippen LogP contribution in [0.5, 0.6) is 0 Å². The predicted molar refractivity (Wildman–Crippen MR) is 77.2 cm³/mol. The Kier molecular flexibility index (Phi) is 4.14. The van der Waals surface area contributed by atoms with Crippen LogP contribution < -0.4 is 11.1 Å². The molecular weight excluding hydrogens is 254 g/mol. The smallest absolute Gasteiger partial charge is 0.249 e. The topological polar surface area (TPSA) is 85.8 Å². The molecule has 0 saturated carbocycles. The molecule has 0 spiro atoms. The second kappa shape index (κ2) is 5.83. The summed E-state index contributed by atoms with van der Waals surface area (Å²) in [4.78, 5) is 16.5. The first-order valence-corrected chi connectivity index (χ1v) is 6.51. The maximum absolute atomic E-state index is 12.3. The van der Waals surface area contributed by atoms with Crippen molar-refractivity contribution in [1.82, 2.24) is 14.8 Å². The number of para-hydroxylation sites is 1. The highest BCUT2D eigenvalue weighted by molar-refractivity contribution is 5.94. The molecule has 3 N–H and O–H groups in total. The van der Waals surface area contributed by atoms with E-state index in [4.69, 9.17) is 5.73 Å². The van der Waals surface area contributed by atoms with E-state index in [2.05, 4.69) is 15.4 Å². The molecule has 0 fully saturated rings. The highest BCUT2D eigenvalue weighted by Crippen LogP contribution is 2.17. The van der Waals surface area contributed by atoms with Gasteiger partial charge in [0.25, 0.3) is 0 Å². The summed E-state index contributed by atoms with van der Waals surface area (Å²) < 4.78 is 1.62. The van der Waals surface area contributed by atoms with Gasteiger partial charge in [-0.3, -0.25) is 4.79 Å². The number of anilines is 1. The van der Waals surface area contributed by atoms with Crippen LogP contribution in [-0.2, 0) is 11.3 Å². The Hall–Kier alpha value is -2.21. The lowest BCUT2D eigenvalue weighted by Gasteiger charge is -2.15. The molecule has 2 rings (SSSR count). The van der Waals surface area contributed by atoms with Gasteiger partial charge in [0.2, 0.25) is 5.91 Å². The van der Waals surface area contributed by atoms with Crippen LogP contribution in [0.4, 0.5) is 5.69 Å². The molecule has 1 atom stereocenters. The van der Waals surface area contributed by atoms with Crippen molar-refractivity contribution in [2.75, 3.05) is 5.32 Å². The van der Waals surface area contributed by atoms with Crippen LogP contribution >= 0.6 is 0 Å².